The normalized spacial score (nSPS) is 12.3. The molecular weight excluding hydrogens is 378 g/mol. The zero-order chi connectivity index (χ0) is 19.1. The van der Waals surface area contributed by atoms with E-state index in [4.69, 9.17) is 0 Å². The van der Waals surface area contributed by atoms with Gasteiger partial charge in [0.05, 0.1) is 12.4 Å². The maximum Gasteiger partial charge on any atom is 0.453 e. The summed E-state index contributed by atoms with van der Waals surface area (Å²) in [5.41, 5.74) is 0.144. The molecule has 0 atom stereocenters. The quantitative estimate of drug-likeness (QED) is 0.641. The van der Waals surface area contributed by atoms with Crippen LogP contribution in [0.3, 0.4) is 0 Å². The molecule has 2 aromatic heterocycles. The van der Waals surface area contributed by atoms with Crippen LogP contribution in [0, 0.1) is 5.82 Å². The molecule has 0 saturated carbocycles. The van der Waals surface area contributed by atoms with Crippen molar-refractivity contribution in [1.82, 2.24) is 24.7 Å². The fraction of sp³-hybridized carbons (Fsp3) is 0.143. The fourth-order valence-electron chi connectivity index (χ4n) is 1.97. The minimum atomic E-state index is -4.83. The molecule has 26 heavy (non-hydrogen) atoms. The van der Waals surface area contributed by atoms with Crippen LogP contribution >= 0.6 is 0 Å². The molecule has 0 radical (unpaired) electrons. The Labute approximate surface area is 144 Å². The molecule has 3 rings (SSSR count). The summed E-state index contributed by atoms with van der Waals surface area (Å²) >= 11 is 0. The average Bonchev–Trinajstić information content (AvgIpc) is 3.00. The standard InChI is InChI=1S/C14H9F4N5O2S/c1-26(24,25)10-6-19-13(20-7-10)23-11(8-2-4-9(15)5-3-8)21-12(22-23)14(16,17)18/h2-7H,1H3. The summed E-state index contributed by atoms with van der Waals surface area (Å²) in [6.07, 6.45) is -2.00. The second kappa shape index (κ2) is 6.12. The van der Waals surface area contributed by atoms with E-state index in [1.54, 1.807) is 0 Å². The van der Waals surface area contributed by atoms with Crippen LogP contribution in [-0.2, 0) is 16.0 Å². The monoisotopic (exact) mass is 387 g/mol. The van der Waals surface area contributed by atoms with Crippen molar-refractivity contribution in [3.63, 3.8) is 0 Å². The van der Waals surface area contributed by atoms with Crippen LogP contribution in [0.15, 0.2) is 41.6 Å². The third-order valence-electron chi connectivity index (χ3n) is 3.20. The van der Waals surface area contributed by atoms with Crippen LogP contribution in [0.5, 0.6) is 0 Å². The first kappa shape index (κ1) is 17.9. The van der Waals surface area contributed by atoms with Crippen molar-refractivity contribution in [3.05, 3.63) is 48.3 Å². The molecule has 0 fully saturated rings. The Balaban J connectivity index is 2.16. The number of halogens is 4. The largest absolute Gasteiger partial charge is 0.453 e. The van der Waals surface area contributed by atoms with Crippen molar-refractivity contribution in [1.29, 1.82) is 0 Å². The summed E-state index contributed by atoms with van der Waals surface area (Å²) in [6, 6.07) is 4.55. The van der Waals surface area contributed by atoms with Crippen LogP contribution in [0.4, 0.5) is 17.6 Å². The maximum atomic E-state index is 13.1. The Morgan fingerprint density at radius 2 is 1.62 bits per heavy atom. The van der Waals surface area contributed by atoms with Crippen LogP contribution in [0.25, 0.3) is 17.3 Å². The van der Waals surface area contributed by atoms with Crippen molar-refractivity contribution in [2.75, 3.05) is 6.26 Å². The summed E-state index contributed by atoms with van der Waals surface area (Å²) in [7, 11) is -3.58. The third kappa shape index (κ3) is 3.54. The molecule has 0 amide bonds. The fourth-order valence-corrected chi connectivity index (χ4v) is 2.46. The van der Waals surface area contributed by atoms with E-state index in [2.05, 4.69) is 20.1 Å². The van der Waals surface area contributed by atoms with E-state index >= 15 is 0 Å². The molecule has 0 saturated heterocycles. The Kier molecular flexibility index (Phi) is 4.22. The lowest BCUT2D eigenvalue weighted by Crippen LogP contribution is -2.10. The highest BCUT2D eigenvalue weighted by atomic mass is 32.2. The van der Waals surface area contributed by atoms with E-state index in [0.717, 1.165) is 30.8 Å². The smallest absolute Gasteiger partial charge is 0.224 e. The Morgan fingerprint density at radius 1 is 1.04 bits per heavy atom. The highest BCUT2D eigenvalue weighted by molar-refractivity contribution is 7.90. The number of hydrogen-bond donors (Lipinski definition) is 0. The minimum Gasteiger partial charge on any atom is -0.224 e. The SMILES string of the molecule is CS(=O)(=O)c1cnc(-n2nc(C(F)(F)F)nc2-c2ccc(F)cc2)nc1. The lowest BCUT2D eigenvalue weighted by molar-refractivity contribution is -0.144. The van der Waals surface area contributed by atoms with Gasteiger partial charge in [0.2, 0.25) is 0 Å². The van der Waals surface area contributed by atoms with Crippen LogP contribution in [0.2, 0.25) is 0 Å². The van der Waals surface area contributed by atoms with Crippen molar-refractivity contribution in [2.45, 2.75) is 11.1 Å². The molecule has 0 aliphatic heterocycles. The van der Waals surface area contributed by atoms with Crippen LogP contribution < -0.4 is 0 Å². The summed E-state index contributed by atoms with van der Waals surface area (Å²) in [5.74, 6) is -2.61. The molecule has 136 valence electrons. The second-order valence-corrected chi connectivity index (χ2v) is 7.18. The second-order valence-electron chi connectivity index (χ2n) is 5.17. The van der Waals surface area contributed by atoms with E-state index in [1.807, 2.05) is 0 Å². The van der Waals surface area contributed by atoms with E-state index in [-0.39, 0.29) is 22.2 Å². The molecular formula is C14H9F4N5O2S. The number of sulfone groups is 1. The Hall–Kier alpha value is -2.89. The van der Waals surface area contributed by atoms with Crippen molar-refractivity contribution in [3.8, 4) is 17.3 Å². The summed E-state index contributed by atoms with van der Waals surface area (Å²) in [4.78, 5) is 10.7. The van der Waals surface area contributed by atoms with Gasteiger partial charge in [-0.25, -0.2) is 27.8 Å². The van der Waals surface area contributed by atoms with Gasteiger partial charge in [-0.2, -0.15) is 17.9 Å². The van der Waals surface area contributed by atoms with Crippen molar-refractivity contribution >= 4 is 9.84 Å². The number of aromatic nitrogens is 5. The van der Waals surface area contributed by atoms with Gasteiger partial charge < -0.3 is 0 Å². The summed E-state index contributed by atoms with van der Waals surface area (Å²) in [5, 5.41) is 3.35. The predicted octanol–water partition coefficient (Wildman–Crippen LogP) is 2.29. The first-order valence-corrected chi connectivity index (χ1v) is 8.77. The molecule has 3 aromatic rings. The third-order valence-corrected chi connectivity index (χ3v) is 4.26. The van der Waals surface area contributed by atoms with Gasteiger partial charge in [-0.15, -0.1) is 5.10 Å². The van der Waals surface area contributed by atoms with Crippen LogP contribution in [0.1, 0.15) is 5.82 Å². The number of hydrogen-bond acceptors (Lipinski definition) is 6. The Morgan fingerprint density at radius 3 is 2.12 bits per heavy atom. The minimum absolute atomic E-state index is 0.144. The van der Waals surface area contributed by atoms with E-state index in [1.165, 1.54) is 12.1 Å². The van der Waals surface area contributed by atoms with Gasteiger partial charge >= 0.3 is 6.18 Å². The lowest BCUT2D eigenvalue weighted by Gasteiger charge is -2.05. The van der Waals surface area contributed by atoms with Gasteiger partial charge in [0, 0.05) is 11.8 Å². The predicted molar refractivity (Wildman–Crippen MR) is 80.5 cm³/mol. The maximum absolute atomic E-state index is 13.1. The van der Waals surface area contributed by atoms with Gasteiger partial charge in [-0.1, -0.05) is 0 Å². The van der Waals surface area contributed by atoms with Crippen molar-refractivity contribution < 1.29 is 26.0 Å². The average molecular weight is 387 g/mol. The molecule has 1 aromatic carbocycles. The highest BCUT2D eigenvalue weighted by Crippen LogP contribution is 2.29. The topological polar surface area (TPSA) is 90.6 Å². The highest BCUT2D eigenvalue weighted by Gasteiger charge is 2.37. The molecule has 0 aliphatic carbocycles. The first-order chi connectivity index (χ1) is 12.1. The van der Waals surface area contributed by atoms with E-state index in [0.29, 0.717) is 4.68 Å². The summed E-state index contributed by atoms with van der Waals surface area (Å²) in [6.45, 7) is 0. The van der Waals surface area contributed by atoms with Gasteiger partial charge in [-0.05, 0) is 24.3 Å². The number of rotatable bonds is 3. The first-order valence-electron chi connectivity index (χ1n) is 6.88. The van der Waals surface area contributed by atoms with Crippen molar-refractivity contribution in [2.24, 2.45) is 0 Å². The molecule has 0 N–H and O–H groups in total. The van der Waals surface area contributed by atoms with E-state index < -0.39 is 27.7 Å². The van der Waals surface area contributed by atoms with Gasteiger partial charge in [0.15, 0.2) is 15.7 Å². The number of alkyl halides is 3. The Bertz CT molecular complexity index is 1040. The molecule has 2 heterocycles. The van der Waals surface area contributed by atoms with E-state index in [9.17, 15) is 26.0 Å². The van der Waals surface area contributed by atoms with Crippen LogP contribution in [-0.4, -0.2) is 39.4 Å². The number of benzene rings is 1. The molecule has 0 bridgehead atoms. The van der Waals surface area contributed by atoms with Gasteiger partial charge in [0.25, 0.3) is 11.8 Å². The molecule has 7 nitrogen and oxygen atoms in total. The molecule has 12 heteroatoms. The lowest BCUT2D eigenvalue weighted by atomic mass is 10.2. The molecule has 0 aliphatic rings. The zero-order valence-electron chi connectivity index (χ0n) is 12.9. The van der Waals surface area contributed by atoms with Gasteiger partial charge in [-0.3, -0.25) is 0 Å². The molecule has 0 spiro atoms. The summed E-state index contributed by atoms with van der Waals surface area (Å²) < 4.78 is 75.6. The molecule has 0 unspecified atom stereocenters. The van der Waals surface area contributed by atoms with Gasteiger partial charge in [0.1, 0.15) is 10.7 Å². The number of nitrogens with zero attached hydrogens (tertiary/aromatic N) is 5. The zero-order valence-corrected chi connectivity index (χ0v) is 13.8.